The van der Waals surface area contributed by atoms with Gasteiger partial charge in [-0.25, -0.2) is 0 Å². The molecule has 1 fully saturated rings. The number of rotatable bonds is 6. The second kappa shape index (κ2) is 4.61. The molecule has 0 aliphatic heterocycles. The van der Waals surface area contributed by atoms with Crippen molar-refractivity contribution >= 4 is 5.78 Å². The predicted octanol–water partition coefficient (Wildman–Crippen LogP) is 2.17. The number of ketones is 1. The van der Waals surface area contributed by atoms with Crippen molar-refractivity contribution in [3.8, 4) is 0 Å². The summed E-state index contributed by atoms with van der Waals surface area (Å²) in [6, 6.07) is 0. The van der Waals surface area contributed by atoms with Crippen molar-refractivity contribution in [3.63, 3.8) is 0 Å². The van der Waals surface area contributed by atoms with Crippen LogP contribution in [0.2, 0.25) is 0 Å². The maximum Gasteiger partial charge on any atom is 0.161 e. The summed E-state index contributed by atoms with van der Waals surface area (Å²) >= 11 is 0. The second-order valence-corrected chi connectivity index (χ2v) is 3.55. The molecule has 0 spiro atoms. The molecule has 1 rings (SSSR count). The highest BCUT2D eigenvalue weighted by Crippen LogP contribution is 2.33. The van der Waals surface area contributed by atoms with Gasteiger partial charge in [0.2, 0.25) is 0 Å². The van der Waals surface area contributed by atoms with Crippen LogP contribution in [0.15, 0.2) is 0 Å². The summed E-state index contributed by atoms with van der Waals surface area (Å²) in [5, 5.41) is 0. The molecule has 1 atom stereocenters. The SMILES string of the molecule is CCOC(C)C(=O)CCC1CC1. The van der Waals surface area contributed by atoms with Crippen molar-refractivity contribution in [3.05, 3.63) is 0 Å². The molecule has 1 aliphatic rings. The predicted molar refractivity (Wildman–Crippen MR) is 48.1 cm³/mol. The van der Waals surface area contributed by atoms with Gasteiger partial charge in [0.15, 0.2) is 5.78 Å². The summed E-state index contributed by atoms with van der Waals surface area (Å²) in [5.41, 5.74) is 0. The molecule has 0 amide bonds. The molecular formula is C10H18O2. The lowest BCUT2D eigenvalue weighted by atomic mass is 10.1. The Kier molecular flexibility index (Phi) is 3.73. The van der Waals surface area contributed by atoms with Crippen molar-refractivity contribution in [1.82, 2.24) is 0 Å². The van der Waals surface area contributed by atoms with Crippen LogP contribution in [0, 0.1) is 5.92 Å². The van der Waals surface area contributed by atoms with Crippen molar-refractivity contribution in [2.75, 3.05) is 6.61 Å². The fourth-order valence-electron chi connectivity index (χ4n) is 1.30. The third-order valence-corrected chi connectivity index (χ3v) is 2.37. The standard InChI is InChI=1S/C10H18O2/c1-3-12-8(2)10(11)7-6-9-4-5-9/h8-9H,3-7H2,1-2H3. The zero-order valence-corrected chi connectivity index (χ0v) is 8.01. The summed E-state index contributed by atoms with van der Waals surface area (Å²) in [5.74, 6) is 1.12. The van der Waals surface area contributed by atoms with Crippen molar-refractivity contribution in [1.29, 1.82) is 0 Å². The Morgan fingerprint density at radius 1 is 1.58 bits per heavy atom. The van der Waals surface area contributed by atoms with Gasteiger partial charge in [0, 0.05) is 13.0 Å². The third kappa shape index (κ3) is 3.35. The fraction of sp³-hybridized carbons (Fsp3) is 0.900. The number of hydrogen-bond donors (Lipinski definition) is 0. The lowest BCUT2D eigenvalue weighted by Gasteiger charge is -2.09. The summed E-state index contributed by atoms with van der Waals surface area (Å²) in [6.45, 7) is 4.40. The lowest BCUT2D eigenvalue weighted by Crippen LogP contribution is -2.20. The average Bonchev–Trinajstić information content (AvgIpc) is 2.83. The van der Waals surface area contributed by atoms with Gasteiger partial charge in [0.25, 0.3) is 0 Å². The average molecular weight is 170 g/mol. The second-order valence-electron chi connectivity index (χ2n) is 3.55. The maximum absolute atomic E-state index is 11.3. The van der Waals surface area contributed by atoms with Gasteiger partial charge in [0.1, 0.15) is 6.10 Å². The van der Waals surface area contributed by atoms with Crippen LogP contribution in [-0.4, -0.2) is 18.5 Å². The summed E-state index contributed by atoms with van der Waals surface area (Å²) in [6.07, 6.45) is 4.27. The minimum atomic E-state index is -0.186. The number of carbonyl (C=O) groups excluding carboxylic acids is 1. The van der Waals surface area contributed by atoms with Crippen molar-refractivity contribution in [2.24, 2.45) is 5.92 Å². The molecule has 0 aromatic rings. The number of ether oxygens (including phenoxy) is 1. The van der Waals surface area contributed by atoms with Crippen LogP contribution in [0.5, 0.6) is 0 Å². The highest BCUT2D eigenvalue weighted by molar-refractivity contribution is 5.82. The highest BCUT2D eigenvalue weighted by atomic mass is 16.5. The molecule has 0 saturated heterocycles. The van der Waals surface area contributed by atoms with Crippen molar-refractivity contribution < 1.29 is 9.53 Å². The van der Waals surface area contributed by atoms with Crippen LogP contribution in [0.3, 0.4) is 0 Å². The van der Waals surface area contributed by atoms with E-state index in [-0.39, 0.29) is 11.9 Å². The molecule has 2 heteroatoms. The summed E-state index contributed by atoms with van der Waals surface area (Å²) < 4.78 is 5.21. The first kappa shape index (κ1) is 9.72. The molecule has 0 N–H and O–H groups in total. The maximum atomic E-state index is 11.3. The first-order valence-electron chi connectivity index (χ1n) is 4.88. The molecule has 0 bridgehead atoms. The van der Waals surface area contributed by atoms with Crippen LogP contribution < -0.4 is 0 Å². The van der Waals surface area contributed by atoms with E-state index in [1.165, 1.54) is 12.8 Å². The molecule has 0 aromatic heterocycles. The van der Waals surface area contributed by atoms with Gasteiger partial charge >= 0.3 is 0 Å². The van der Waals surface area contributed by atoms with Gasteiger partial charge in [-0.2, -0.15) is 0 Å². The molecule has 0 radical (unpaired) electrons. The first-order valence-corrected chi connectivity index (χ1v) is 4.88. The van der Waals surface area contributed by atoms with Gasteiger partial charge in [-0.15, -0.1) is 0 Å². The quantitative estimate of drug-likeness (QED) is 0.610. The van der Waals surface area contributed by atoms with E-state index in [1.54, 1.807) is 0 Å². The lowest BCUT2D eigenvalue weighted by molar-refractivity contribution is -0.129. The monoisotopic (exact) mass is 170 g/mol. The van der Waals surface area contributed by atoms with Crippen LogP contribution in [-0.2, 0) is 9.53 Å². The Bertz CT molecular complexity index is 150. The first-order chi connectivity index (χ1) is 5.74. The molecule has 12 heavy (non-hydrogen) atoms. The van der Waals surface area contributed by atoms with Gasteiger partial charge < -0.3 is 4.74 Å². The Labute approximate surface area is 74.3 Å². The van der Waals surface area contributed by atoms with Crippen molar-refractivity contribution in [2.45, 2.75) is 45.6 Å². The van der Waals surface area contributed by atoms with Gasteiger partial charge in [-0.1, -0.05) is 12.8 Å². The molecule has 1 aliphatic carbocycles. The summed E-state index contributed by atoms with van der Waals surface area (Å²) in [4.78, 5) is 11.3. The Balaban J connectivity index is 2.07. The number of Topliss-reactive ketones (excluding diaryl/α,β-unsaturated/α-hetero) is 1. The molecular weight excluding hydrogens is 152 g/mol. The number of carbonyl (C=O) groups is 1. The van der Waals surface area contributed by atoms with Crippen LogP contribution in [0.25, 0.3) is 0 Å². The van der Waals surface area contributed by atoms with E-state index in [4.69, 9.17) is 4.74 Å². The topological polar surface area (TPSA) is 26.3 Å². The Morgan fingerprint density at radius 3 is 2.75 bits per heavy atom. The molecule has 70 valence electrons. The molecule has 0 heterocycles. The fourth-order valence-corrected chi connectivity index (χ4v) is 1.30. The van der Waals surface area contributed by atoms with Gasteiger partial charge in [0.05, 0.1) is 0 Å². The molecule has 0 aromatic carbocycles. The van der Waals surface area contributed by atoms with Crippen LogP contribution in [0.4, 0.5) is 0 Å². The highest BCUT2D eigenvalue weighted by Gasteiger charge is 2.23. The van der Waals surface area contributed by atoms with E-state index in [2.05, 4.69) is 0 Å². The van der Waals surface area contributed by atoms with E-state index < -0.39 is 0 Å². The zero-order valence-electron chi connectivity index (χ0n) is 8.01. The van der Waals surface area contributed by atoms with E-state index in [9.17, 15) is 4.79 Å². The normalized spacial score (nSPS) is 19.2. The molecule has 1 unspecified atom stereocenters. The number of hydrogen-bond acceptors (Lipinski definition) is 2. The Hall–Kier alpha value is -0.370. The molecule has 2 nitrogen and oxygen atoms in total. The van der Waals surface area contributed by atoms with E-state index in [1.807, 2.05) is 13.8 Å². The van der Waals surface area contributed by atoms with E-state index in [0.717, 1.165) is 12.3 Å². The minimum absolute atomic E-state index is 0.186. The van der Waals surface area contributed by atoms with E-state index in [0.29, 0.717) is 13.0 Å². The minimum Gasteiger partial charge on any atom is -0.371 e. The largest absolute Gasteiger partial charge is 0.371 e. The van der Waals surface area contributed by atoms with Gasteiger partial charge in [-0.05, 0) is 26.2 Å². The Morgan fingerprint density at radius 2 is 2.25 bits per heavy atom. The summed E-state index contributed by atoms with van der Waals surface area (Å²) in [7, 11) is 0. The third-order valence-electron chi connectivity index (χ3n) is 2.37. The van der Waals surface area contributed by atoms with Gasteiger partial charge in [-0.3, -0.25) is 4.79 Å². The van der Waals surface area contributed by atoms with Crippen LogP contribution in [0.1, 0.15) is 39.5 Å². The van der Waals surface area contributed by atoms with E-state index >= 15 is 0 Å². The zero-order chi connectivity index (χ0) is 8.97. The van der Waals surface area contributed by atoms with Crippen LogP contribution >= 0.6 is 0 Å². The smallest absolute Gasteiger partial charge is 0.161 e. The molecule has 1 saturated carbocycles.